The highest BCUT2D eigenvalue weighted by Gasteiger charge is 2.00. The number of hydrogen-bond acceptors (Lipinski definition) is 2. The summed E-state index contributed by atoms with van der Waals surface area (Å²) >= 11 is 0. The number of aryl methyl sites for hydroxylation is 1. The van der Waals surface area contributed by atoms with E-state index in [-0.39, 0.29) is 0 Å². The van der Waals surface area contributed by atoms with E-state index in [4.69, 9.17) is 4.74 Å². The fourth-order valence-corrected chi connectivity index (χ4v) is 1.82. The summed E-state index contributed by atoms with van der Waals surface area (Å²) in [5.74, 6) is 1.52. The molecule has 96 valence electrons. The average Bonchev–Trinajstić information content (AvgIpc) is 2.88. The molecule has 0 aliphatic rings. The average molecular weight is 244 g/mol. The first-order chi connectivity index (χ1) is 8.75. The Morgan fingerprint density at radius 1 is 1.22 bits per heavy atom. The molecule has 0 fully saturated rings. The topological polar surface area (TPSA) is 37.9 Å². The van der Waals surface area contributed by atoms with Gasteiger partial charge in [-0.05, 0) is 36.5 Å². The number of aromatic amines is 1. The molecular formula is C15H20N2O. The third-order valence-electron chi connectivity index (χ3n) is 2.96. The molecule has 0 radical (unpaired) electrons. The number of nitrogens with one attached hydrogen (secondary N) is 1. The van der Waals surface area contributed by atoms with Crippen molar-refractivity contribution in [3.63, 3.8) is 0 Å². The quantitative estimate of drug-likeness (QED) is 0.789. The van der Waals surface area contributed by atoms with Crippen molar-refractivity contribution in [2.45, 2.75) is 32.6 Å². The van der Waals surface area contributed by atoms with Crippen molar-refractivity contribution in [1.29, 1.82) is 0 Å². The molecule has 2 aromatic rings. The van der Waals surface area contributed by atoms with E-state index in [9.17, 15) is 0 Å². The predicted molar refractivity (Wildman–Crippen MR) is 72.9 cm³/mol. The predicted octanol–water partition coefficient (Wildman–Crippen LogP) is 3.54. The summed E-state index contributed by atoms with van der Waals surface area (Å²) in [4.78, 5) is 7.08. The summed E-state index contributed by atoms with van der Waals surface area (Å²) in [6.07, 6.45) is 5.54. The molecule has 1 heterocycles. The van der Waals surface area contributed by atoms with Crippen LogP contribution in [-0.2, 0) is 6.42 Å². The zero-order valence-electron chi connectivity index (χ0n) is 11.0. The van der Waals surface area contributed by atoms with E-state index in [0.717, 1.165) is 30.9 Å². The molecule has 3 nitrogen and oxygen atoms in total. The van der Waals surface area contributed by atoms with Crippen LogP contribution in [0, 0.1) is 0 Å². The Balaban J connectivity index is 1.73. The Morgan fingerprint density at radius 3 is 2.61 bits per heavy atom. The number of benzene rings is 1. The van der Waals surface area contributed by atoms with Gasteiger partial charge in [0.25, 0.3) is 0 Å². The Labute approximate surface area is 108 Å². The summed E-state index contributed by atoms with van der Waals surface area (Å²) in [6.45, 7) is 5.13. The van der Waals surface area contributed by atoms with Gasteiger partial charge < -0.3 is 9.72 Å². The summed E-state index contributed by atoms with van der Waals surface area (Å²) < 4.78 is 5.70. The van der Waals surface area contributed by atoms with E-state index >= 15 is 0 Å². The van der Waals surface area contributed by atoms with Crippen molar-refractivity contribution in [3.8, 4) is 5.75 Å². The number of aromatic nitrogens is 2. The summed E-state index contributed by atoms with van der Waals surface area (Å²) in [6, 6.07) is 8.36. The standard InChI is InChI=1S/C15H20N2O/c1-12(2)13-5-7-15(8-6-13)18-9-3-4-14-10-16-11-17-14/h5-8,10-12H,3-4,9H2,1-2H3,(H,16,17). The van der Waals surface area contributed by atoms with E-state index in [1.807, 2.05) is 18.3 Å². The molecule has 1 aromatic carbocycles. The molecule has 1 N–H and O–H groups in total. The smallest absolute Gasteiger partial charge is 0.119 e. The van der Waals surface area contributed by atoms with Crippen LogP contribution in [0.5, 0.6) is 5.75 Å². The van der Waals surface area contributed by atoms with Crippen molar-refractivity contribution in [3.05, 3.63) is 48.0 Å². The molecule has 0 saturated heterocycles. The number of H-pyrrole nitrogens is 1. The second-order valence-electron chi connectivity index (χ2n) is 4.75. The lowest BCUT2D eigenvalue weighted by Gasteiger charge is -2.08. The Bertz CT molecular complexity index is 446. The largest absolute Gasteiger partial charge is 0.494 e. The highest BCUT2D eigenvalue weighted by Crippen LogP contribution is 2.18. The van der Waals surface area contributed by atoms with Gasteiger partial charge in [0.1, 0.15) is 5.75 Å². The Hall–Kier alpha value is -1.77. The van der Waals surface area contributed by atoms with Gasteiger partial charge in [-0.2, -0.15) is 0 Å². The van der Waals surface area contributed by atoms with Gasteiger partial charge in [-0.15, -0.1) is 0 Å². The molecule has 0 bridgehead atoms. The number of rotatable bonds is 6. The van der Waals surface area contributed by atoms with Gasteiger partial charge in [0.05, 0.1) is 12.9 Å². The number of imidazole rings is 1. The van der Waals surface area contributed by atoms with Gasteiger partial charge >= 0.3 is 0 Å². The molecule has 0 unspecified atom stereocenters. The van der Waals surface area contributed by atoms with Crippen LogP contribution >= 0.6 is 0 Å². The summed E-state index contributed by atoms with van der Waals surface area (Å²) in [5, 5.41) is 0. The first-order valence-electron chi connectivity index (χ1n) is 6.45. The van der Waals surface area contributed by atoms with E-state index < -0.39 is 0 Å². The van der Waals surface area contributed by atoms with E-state index in [1.165, 1.54) is 5.56 Å². The van der Waals surface area contributed by atoms with E-state index in [0.29, 0.717) is 5.92 Å². The van der Waals surface area contributed by atoms with Crippen molar-refractivity contribution in [1.82, 2.24) is 9.97 Å². The maximum absolute atomic E-state index is 5.70. The molecular weight excluding hydrogens is 224 g/mol. The monoisotopic (exact) mass is 244 g/mol. The van der Waals surface area contributed by atoms with E-state index in [1.54, 1.807) is 6.33 Å². The van der Waals surface area contributed by atoms with Crippen molar-refractivity contribution in [2.75, 3.05) is 6.61 Å². The first kappa shape index (κ1) is 12.7. The Morgan fingerprint density at radius 2 is 2.00 bits per heavy atom. The molecule has 1 aromatic heterocycles. The van der Waals surface area contributed by atoms with Crippen LogP contribution < -0.4 is 4.74 Å². The van der Waals surface area contributed by atoms with Gasteiger partial charge in [-0.25, -0.2) is 4.98 Å². The minimum absolute atomic E-state index is 0.569. The van der Waals surface area contributed by atoms with Gasteiger partial charge in [0.2, 0.25) is 0 Å². The molecule has 3 heteroatoms. The molecule has 0 aliphatic carbocycles. The van der Waals surface area contributed by atoms with Crippen LogP contribution in [0.15, 0.2) is 36.8 Å². The van der Waals surface area contributed by atoms with Gasteiger partial charge in [-0.3, -0.25) is 0 Å². The van der Waals surface area contributed by atoms with Crippen LogP contribution in [0.2, 0.25) is 0 Å². The van der Waals surface area contributed by atoms with Gasteiger partial charge in [0.15, 0.2) is 0 Å². The minimum atomic E-state index is 0.569. The van der Waals surface area contributed by atoms with E-state index in [2.05, 4.69) is 35.9 Å². The molecule has 18 heavy (non-hydrogen) atoms. The van der Waals surface area contributed by atoms with Crippen molar-refractivity contribution < 1.29 is 4.74 Å². The number of nitrogens with zero attached hydrogens (tertiary/aromatic N) is 1. The fourth-order valence-electron chi connectivity index (χ4n) is 1.82. The highest BCUT2D eigenvalue weighted by molar-refractivity contribution is 5.28. The lowest BCUT2D eigenvalue weighted by Crippen LogP contribution is -1.99. The lowest BCUT2D eigenvalue weighted by atomic mass is 10.0. The highest BCUT2D eigenvalue weighted by atomic mass is 16.5. The Kier molecular flexibility index (Phi) is 4.40. The minimum Gasteiger partial charge on any atom is -0.494 e. The first-order valence-corrected chi connectivity index (χ1v) is 6.45. The van der Waals surface area contributed by atoms with Gasteiger partial charge in [-0.1, -0.05) is 26.0 Å². The maximum Gasteiger partial charge on any atom is 0.119 e. The normalized spacial score (nSPS) is 10.8. The second-order valence-corrected chi connectivity index (χ2v) is 4.75. The van der Waals surface area contributed by atoms with Crippen molar-refractivity contribution in [2.24, 2.45) is 0 Å². The van der Waals surface area contributed by atoms with Crippen molar-refractivity contribution >= 4 is 0 Å². The third-order valence-corrected chi connectivity index (χ3v) is 2.96. The van der Waals surface area contributed by atoms with Crippen LogP contribution in [-0.4, -0.2) is 16.6 Å². The lowest BCUT2D eigenvalue weighted by molar-refractivity contribution is 0.310. The van der Waals surface area contributed by atoms with Crippen LogP contribution in [0.25, 0.3) is 0 Å². The fraction of sp³-hybridized carbons (Fsp3) is 0.400. The number of hydrogen-bond donors (Lipinski definition) is 1. The molecule has 0 aliphatic heterocycles. The number of ether oxygens (including phenoxy) is 1. The SMILES string of the molecule is CC(C)c1ccc(OCCCc2cnc[nH]2)cc1. The molecule has 0 saturated carbocycles. The zero-order valence-corrected chi connectivity index (χ0v) is 11.0. The molecule has 0 spiro atoms. The second kappa shape index (κ2) is 6.24. The molecule has 0 atom stereocenters. The third kappa shape index (κ3) is 3.62. The summed E-state index contributed by atoms with van der Waals surface area (Å²) in [7, 11) is 0. The zero-order chi connectivity index (χ0) is 12.8. The molecule has 2 rings (SSSR count). The van der Waals surface area contributed by atoms with Crippen LogP contribution in [0.3, 0.4) is 0 Å². The molecule has 0 amide bonds. The van der Waals surface area contributed by atoms with Crippen LogP contribution in [0.1, 0.15) is 37.4 Å². The van der Waals surface area contributed by atoms with Crippen LogP contribution in [0.4, 0.5) is 0 Å². The summed E-state index contributed by atoms with van der Waals surface area (Å²) in [5.41, 5.74) is 2.51. The van der Waals surface area contributed by atoms with Gasteiger partial charge in [0, 0.05) is 11.9 Å². The maximum atomic E-state index is 5.70.